The van der Waals surface area contributed by atoms with Gasteiger partial charge in [-0.2, -0.15) is 10.4 Å². The number of anilines is 1. The highest BCUT2D eigenvalue weighted by molar-refractivity contribution is 9.10. The Morgan fingerprint density at radius 3 is 2.59 bits per heavy atom. The molecule has 6 heteroatoms. The van der Waals surface area contributed by atoms with Crippen LogP contribution < -0.4 is 4.90 Å². The molecule has 2 fully saturated rings. The average Bonchev–Trinajstić information content (AvgIpc) is 3.08. The van der Waals surface area contributed by atoms with E-state index in [2.05, 4.69) is 47.9 Å². The fourth-order valence-corrected chi connectivity index (χ4v) is 4.18. The summed E-state index contributed by atoms with van der Waals surface area (Å²) < 4.78 is 3.12. The fourth-order valence-electron chi connectivity index (χ4n) is 3.88. The van der Waals surface area contributed by atoms with Gasteiger partial charge >= 0.3 is 0 Å². The number of halogens is 1. The van der Waals surface area contributed by atoms with Crippen molar-refractivity contribution < 1.29 is 0 Å². The van der Waals surface area contributed by atoms with Crippen LogP contribution in [0.15, 0.2) is 35.1 Å². The molecule has 2 unspecified atom stereocenters. The SMILES string of the molecule is N#Cc1cccc(N2C3CCC2CC(n2cc(Br)cn2)C3)n1. The van der Waals surface area contributed by atoms with Crippen molar-refractivity contribution in [3.05, 3.63) is 40.8 Å². The van der Waals surface area contributed by atoms with Crippen molar-refractivity contribution in [2.75, 3.05) is 4.90 Å². The summed E-state index contributed by atoms with van der Waals surface area (Å²) in [5, 5.41) is 13.5. The molecule has 4 heterocycles. The van der Waals surface area contributed by atoms with Crippen LogP contribution in [0.4, 0.5) is 5.82 Å². The third-order valence-electron chi connectivity index (χ3n) is 4.77. The van der Waals surface area contributed by atoms with Gasteiger partial charge in [-0.3, -0.25) is 4.68 Å². The number of hydrogen-bond acceptors (Lipinski definition) is 4. The van der Waals surface area contributed by atoms with Crippen LogP contribution in [0.3, 0.4) is 0 Å². The maximum absolute atomic E-state index is 9.05. The number of nitriles is 1. The molecule has 0 N–H and O–H groups in total. The van der Waals surface area contributed by atoms with E-state index in [1.165, 1.54) is 12.8 Å². The molecule has 2 aliphatic rings. The van der Waals surface area contributed by atoms with Crippen molar-refractivity contribution in [1.29, 1.82) is 5.26 Å². The van der Waals surface area contributed by atoms with Gasteiger partial charge in [0.2, 0.25) is 0 Å². The Hall–Kier alpha value is -1.87. The van der Waals surface area contributed by atoms with E-state index in [1.807, 2.05) is 18.3 Å². The van der Waals surface area contributed by atoms with E-state index in [0.717, 1.165) is 23.1 Å². The number of aromatic nitrogens is 3. The minimum absolute atomic E-state index is 0.458. The van der Waals surface area contributed by atoms with Crippen LogP contribution in [0.1, 0.15) is 37.4 Å². The molecule has 112 valence electrons. The molecule has 4 rings (SSSR count). The van der Waals surface area contributed by atoms with E-state index >= 15 is 0 Å². The molecule has 2 aromatic rings. The van der Waals surface area contributed by atoms with Gasteiger partial charge in [0.15, 0.2) is 0 Å². The van der Waals surface area contributed by atoms with Gasteiger partial charge in [0, 0.05) is 18.3 Å². The predicted octanol–water partition coefficient (Wildman–Crippen LogP) is 3.28. The molecular weight excluding hydrogens is 342 g/mol. The van der Waals surface area contributed by atoms with Gasteiger partial charge in [0.05, 0.1) is 16.7 Å². The third-order valence-corrected chi connectivity index (χ3v) is 5.18. The lowest BCUT2D eigenvalue weighted by atomic mass is 9.97. The van der Waals surface area contributed by atoms with E-state index in [0.29, 0.717) is 23.8 Å². The summed E-state index contributed by atoms with van der Waals surface area (Å²) in [5.41, 5.74) is 0.495. The van der Waals surface area contributed by atoms with Crippen molar-refractivity contribution in [2.45, 2.75) is 43.8 Å². The molecule has 0 radical (unpaired) electrons. The van der Waals surface area contributed by atoms with E-state index < -0.39 is 0 Å². The van der Waals surface area contributed by atoms with Crippen molar-refractivity contribution in [3.63, 3.8) is 0 Å². The van der Waals surface area contributed by atoms with Crippen LogP contribution in [0.25, 0.3) is 0 Å². The second-order valence-electron chi connectivity index (χ2n) is 6.05. The van der Waals surface area contributed by atoms with Gasteiger partial charge in [-0.1, -0.05) is 6.07 Å². The monoisotopic (exact) mass is 357 g/mol. The summed E-state index contributed by atoms with van der Waals surface area (Å²) >= 11 is 3.47. The van der Waals surface area contributed by atoms with Crippen LogP contribution in [-0.4, -0.2) is 26.8 Å². The topological polar surface area (TPSA) is 57.7 Å². The molecule has 5 nitrogen and oxygen atoms in total. The molecule has 0 aromatic carbocycles. The van der Waals surface area contributed by atoms with Crippen LogP contribution in [0.2, 0.25) is 0 Å². The fraction of sp³-hybridized carbons (Fsp3) is 0.438. The van der Waals surface area contributed by atoms with Crippen molar-refractivity contribution in [3.8, 4) is 6.07 Å². The average molecular weight is 358 g/mol. The summed E-state index contributed by atoms with van der Waals surface area (Å²) in [5.74, 6) is 0.951. The first-order chi connectivity index (χ1) is 10.7. The van der Waals surface area contributed by atoms with Crippen molar-refractivity contribution >= 4 is 21.7 Å². The maximum atomic E-state index is 9.05. The predicted molar refractivity (Wildman–Crippen MR) is 86.4 cm³/mol. The minimum atomic E-state index is 0.458. The molecule has 2 aromatic heterocycles. The number of pyridine rings is 1. The summed E-state index contributed by atoms with van der Waals surface area (Å²) in [6, 6.07) is 9.30. The molecule has 0 aliphatic carbocycles. The van der Waals surface area contributed by atoms with Gasteiger partial charge in [-0.15, -0.1) is 0 Å². The number of fused-ring (bicyclic) bond motifs is 2. The Morgan fingerprint density at radius 2 is 1.95 bits per heavy atom. The van der Waals surface area contributed by atoms with E-state index in [-0.39, 0.29) is 0 Å². The Balaban J connectivity index is 1.59. The van der Waals surface area contributed by atoms with E-state index in [9.17, 15) is 0 Å². The van der Waals surface area contributed by atoms with Crippen molar-refractivity contribution in [1.82, 2.24) is 14.8 Å². The molecule has 0 spiro atoms. The molecule has 2 saturated heterocycles. The van der Waals surface area contributed by atoms with Gasteiger partial charge < -0.3 is 4.90 Å². The van der Waals surface area contributed by atoms with Crippen LogP contribution in [-0.2, 0) is 0 Å². The molecule has 0 saturated carbocycles. The third kappa shape index (κ3) is 2.30. The number of nitrogens with zero attached hydrogens (tertiary/aromatic N) is 5. The normalized spacial score (nSPS) is 26.9. The molecule has 2 bridgehead atoms. The van der Waals surface area contributed by atoms with E-state index in [4.69, 9.17) is 5.26 Å². The second kappa shape index (κ2) is 5.40. The quantitative estimate of drug-likeness (QED) is 0.827. The zero-order valence-corrected chi connectivity index (χ0v) is 13.6. The van der Waals surface area contributed by atoms with Crippen molar-refractivity contribution in [2.24, 2.45) is 0 Å². The summed E-state index contributed by atoms with van der Waals surface area (Å²) in [6.07, 6.45) is 8.48. The van der Waals surface area contributed by atoms with Gasteiger partial charge in [-0.25, -0.2) is 4.98 Å². The lowest BCUT2D eigenvalue weighted by Crippen LogP contribution is -2.44. The lowest BCUT2D eigenvalue weighted by molar-refractivity contribution is 0.313. The minimum Gasteiger partial charge on any atom is -0.350 e. The maximum Gasteiger partial charge on any atom is 0.142 e. The standard InChI is InChI=1S/C16H16BrN5/c17-11-9-19-21(10-11)15-6-13-4-5-14(7-15)22(13)16-3-1-2-12(8-18)20-16/h1-3,9-10,13-15H,4-7H2. The molecule has 2 aliphatic heterocycles. The molecule has 2 atom stereocenters. The molecule has 22 heavy (non-hydrogen) atoms. The first-order valence-electron chi connectivity index (χ1n) is 7.60. The summed E-state index contributed by atoms with van der Waals surface area (Å²) in [6.45, 7) is 0. The Bertz CT molecular complexity index is 720. The molecular formula is C16H16BrN5. The van der Waals surface area contributed by atoms with E-state index in [1.54, 1.807) is 6.07 Å². The number of rotatable bonds is 2. The highest BCUT2D eigenvalue weighted by Crippen LogP contribution is 2.42. The highest BCUT2D eigenvalue weighted by atomic mass is 79.9. The van der Waals surface area contributed by atoms with Gasteiger partial charge in [-0.05, 0) is 53.7 Å². The number of hydrogen-bond donors (Lipinski definition) is 0. The first-order valence-corrected chi connectivity index (χ1v) is 8.39. The zero-order valence-electron chi connectivity index (χ0n) is 12.1. The Morgan fingerprint density at radius 1 is 1.18 bits per heavy atom. The Labute approximate surface area is 137 Å². The zero-order chi connectivity index (χ0) is 15.1. The summed E-state index contributed by atoms with van der Waals surface area (Å²) in [4.78, 5) is 6.92. The van der Waals surface area contributed by atoms with Gasteiger partial charge in [0.1, 0.15) is 17.6 Å². The van der Waals surface area contributed by atoms with Crippen LogP contribution in [0.5, 0.6) is 0 Å². The first kappa shape index (κ1) is 13.8. The smallest absolute Gasteiger partial charge is 0.142 e. The van der Waals surface area contributed by atoms with Crippen LogP contribution in [0, 0.1) is 11.3 Å². The largest absolute Gasteiger partial charge is 0.350 e. The summed E-state index contributed by atoms with van der Waals surface area (Å²) in [7, 11) is 0. The van der Waals surface area contributed by atoms with Crippen LogP contribution >= 0.6 is 15.9 Å². The number of piperidine rings is 1. The molecule has 0 amide bonds. The Kier molecular flexibility index (Phi) is 3.38. The lowest BCUT2D eigenvalue weighted by Gasteiger charge is -2.39. The second-order valence-corrected chi connectivity index (χ2v) is 6.96. The highest BCUT2D eigenvalue weighted by Gasteiger charge is 2.42. The van der Waals surface area contributed by atoms with Gasteiger partial charge in [0.25, 0.3) is 0 Å².